The number of aliphatic hydroxyl groups is 1. The van der Waals surface area contributed by atoms with Crippen molar-refractivity contribution in [1.82, 2.24) is 41.8 Å². The molecular formula is C39H58N8O8. The minimum Gasteiger partial charge on any atom is -0.394 e. The van der Waals surface area contributed by atoms with Gasteiger partial charge >= 0.3 is 0 Å². The number of aromatic amines is 1. The van der Waals surface area contributed by atoms with Crippen molar-refractivity contribution in [2.45, 2.75) is 116 Å². The van der Waals surface area contributed by atoms with Crippen molar-refractivity contribution in [2.75, 3.05) is 19.7 Å². The molecule has 6 atom stereocenters. The molecule has 0 bridgehead atoms. The molecule has 1 aromatic heterocycles. The van der Waals surface area contributed by atoms with Gasteiger partial charge in [-0.2, -0.15) is 0 Å². The van der Waals surface area contributed by atoms with Gasteiger partial charge in [0, 0.05) is 30.1 Å². The first kappa shape index (κ1) is 42.7. The summed E-state index contributed by atoms with van der Waals surface area (Å²) < 4.78 is 0. The number of carbonyl (C=O) groups excluding carboxylic acids is 7. The van der Waals surface area contributed by atoms with Crippen LogP contribution in [0.5, 0.6) is 0 Å². The zero-order chi connectivity index (χ0) is 40.4. The number of hydrogen-bond donors (Lipinski definition) is 8. The van der Waals surface area contributed by atoms with Gasteiger partial charge in [-0.25, -0.2) is 0 Å². The molecule has 3 heterocycles. The van der Waals surface area contributed by atoms with Gasteiger partial charge in [0.2, 0.25) is 41.4 Å². The summed E-state index contributed by atoms with van der Waals surface area (Å²) in [5, 5.41) is 27.4. The van der Waals surface area contributed by atoms with Crippen LogP contribution in [-0.4, -0.2) is 112 Å². The third-order valence-corrected chi connectivity index (χ3v) is 9.83. The Labute approximate surface area is 322 Å². The van der Waals surface area contributed by atoms with Crippen molar-refractivity contribution in [2.24, 2.45) is 17.8 Å². The zero-order valence-corrected chi connectivity index (χ0v) is 32.7. The lowest BCUT2D eigenvalue weighted by Crippen LogP contribution is -2.60. The Balaban J connectivity index is 1.71. The van der Waals surface area contributed by atoms with E-state index in [1.165, 1.54) is 4.90 Å². The summed E-state index contributed by atoms with van der Waals surface area (Å²) in [7, 11) is 0. The second-order valence-corrected chi connectivity index (χ2v) is 15.9. The molecule has 16 heteroatoms. The first-order chi connectivity index (χ1) is 26.1. The monoisotopic (exact) mass is 766 g/mol. The first-order valence-electron chi connectivity index (χ1n) is 19.3. The number of nitrogens with one attached hydrogen (secondary N) is 7. The summed E-state index contributed by atoms with van der Waals surface area (Å²) in [6.45, 7) is 10.1. The normalized spacial score (nSPS) is 25.6. The molecule has 0 spiro atoms. The van der Waals surface area contributed by atoms with Gasteiger partial charge in [0.05, 0.1) is 13.2 Å². The molecule has 2 saturated heterocycles. The first-order valence-corrected chi connectivity index (χ1v) is 19.3. The van der Waals surface area contributed by atoms with Crippen LogP contribution in [-0.2, 0) is 40.0 Å². The summed E-state index contributed by atoms with van der Waals surface area (Å²) in [4.78, 5) is 101. The van der Waals surface area contributed by atoms with Crippen LogP contribution in [0.4, 0.5) is 0 Å². The fourth-order valence-electron chi connectivity index (χ4n) is 7.15. The number of nitrogens with zero attached hydrogens (tertiary/aromatic N) is 1. The number of aliphatic hydroxyl groups excluding tert-OH is 1. The van der Waals surface area contributed by atoms with Crippen molar-refractivity contribution in [3.05, 3.63) is 36.0 Å². The van der Waals surface area contributed by atoms with Crippen LogP contribution in [0.1, 0.15) is 79.2 Å². The molecule has 2 aliphatic heterocycles. The SMILES string of the molecule is CC(C)C[C@@H]1NC(=O)CNC(=O)[C@H](Cc2c[nH]c3ccccc23)NC(=O)[C@@H]2CCCN2C(=O)[C@H](CO)NC(=O)[C@H](CC(C)C)NC(=O)[C@H](CC(C)C)NC1=O. The molecule has 55 heavy (non-hydrogen) atoms. The number of benzene rings is 1. The van der Waals surface area contributed by atoms with Crippen molar-refractivity contribution >= 4 is 52.3 Å². The highest BCUT2D eigenvalue weighted by Crippen LogP contribution is 2.22. The lowest BCUT2D eigenvalue weighted by Gasteiger charge is -2.30. The number of rotatable bonds is 9. The fraction of sp³-hybridized carbons (Fsp3) is 0.615. The number of H-pyrrole nitrogens is 1. The maximum Gasteiger partial charge on any atom is 0.248 e. The van der Waals surface area contributed by atoms with Gasteiger partial charge in [-0.3, -0.25) is 33.6 Å². The number of aromatic nitrogens is 1. The number of amides is 7. The van der Waals surface area contributed by atoms with E-state index in [2.05, 4.69) is 36.9 Å². The minimum absolute atomic E-state index is 0.0373. The summed E-state index contributed by atoms with van der Waals surface area (Å²) in [6.07, 6.45) is 3.16. The lowest BCUT2D eigenvalue weighted by atomic mass is 9.98. The van der Waals surface area contributed by atoms with E-state index in [-0.39, 0.29) is 56.4 Å². The standard InChI is InChI=1S/C39H58N8O8/c1-21(2)14-27-35(51)43-28(15-22(3)4)36(52)44-29(16-23(5)6)37(53)46-31(20-48)39(55)47-13-9-12-32(47)38(54)45-30(34(50)41-19-33(49)42-27)17-24-18-40-26-11-8-7-10-25(24)26/h7-8,10-11,18,21-23,27-32,40,48H,9,12-17,19-20H2,1-6H3,(H,41,50)(H,42,49)(H,43,51)(H,44,52)(H,45,54)(H,46,53)/t27-,28-,29-,30-,31-,32-/m0/s1. The van der Waals surface area contributed by atoms with Crippen LogP contribution in [0.15, 0.2) is 30.5 Å². The van der Waals surface area contributed by atoms with E-state index in [0.29, 0.717) is 6.42 Å². The summed E-state index contributed by atoms with van der Waals surface area (Å²) >= 11 is 0. The molecule has 2 fully saturated rings. The minimum atomic E-state index is -1.42. The maximum absolute atomic E-state index is 13.9. The van der Waals surface area contributed by atoms with Crippen LogP contribution < -0.4 is 31.9 Å². The summed E-state index contributed by atoms with van der Waals surface area (Å²) in [5.74, 6) is -4.72. The number of fused-ring (bicyclic) bond motifs is 2. The van der Waals surface area contributed by atoms with E-state index in [0.717, 1.165) is 16.5 Å². The van der Waals surface area contributed by atoms with E-state index in [1.807, 2.05) is 65.8 Å². The smallest absolute Gasteiger partial charge is 0.248 e. The third-order valence-electron chi connectivity index (χ3n) is 9.83. The lowest BCUT2D eigenvalue weighted by molar-refractivity contribution is -0.143. The van der Waals surface area contributed by atoms with Crippen molar-refractivity contribution in [3.8, 4) is 0 Å². The van der Waals surface area contributed by atoms with Gasteiger partial charge in [0.25, 0.3) is 0 Å². The zero-order valence-electron chi connectivity index (χ0n) is 32.7. The Morgan fingerprint density at radius 1 is 0.673 bits per heavy atom. The van der Waals surface area contributed by atoms with Crippen molar-refractivity contribution < 1.29 is 38.7 Å². The van der Waals surface area contributed by atoms with Crippen LogP contribution in [0.25, 0.3) is 10.9 Å². The van der Waals surface area contributed by atoms with E-state index in [1.54, 1.807) is 6.20 Å². The number of para-hydroxylation sites is 1. The molecule has 7 amide bonds. The third kappa shape index (κ3) is 11.7. The second-order valence-electron chi connectivity index (χ2n) is 15.9. The van der Waals surface area contributed by atoms with Gasteiger partial charge in [-0.1, -0.05) is 59.7 Å². The number of carbonyl (C=O) groups is 7. The summed E-state index contributed by atoms with van der Waals surface area (Å²) in [6, 6.07) is 0.621. The van der Waals surface area contributed by atoms with Crippen LogP contribution in [0.2, 0.25) is 0 Å². The van der Waals surface area contributed by atoms with E-state index in [4.69, 9.17) is 0 Å². The Bertz CT molecular complexity index is 1710. The fourth-order valence-corrected chi connectivity index (χ4v) is 7.15. The molecule has 0 unspecified atom stereocenters. The Kier molecular flexibility index (Phi) is 15.2. The molecule has 16 nitrogen and oxygen atoms in total. The quantitative estimate of drug-likeness (QED) is 0.178. The Hall–Kier alpha value is -4.99. The van der Waals surface area contributed by atoms with Crippen LogP contribution >= 0.6 is 0 Å². The van der Waals surface area contributed by atoms with Crippen LogP contribution in [0, 0.1) is 17.8 Å². The highest BCUT2D eigenvalue weighted by molar-refractivity contribution is 5.98. The molecule has 1 aromatic carbocycles. The summed E-state index contributed by atoms with van der Waals surface area (Å²) in [5.41, 5.74) is 1.56. The van der Waals surface area contributed by atoms with E-state index >= 15 is 0 Å². The molecular weight excluding hydrogens is 708 g/mol. The van der Waals surface area contributed by atoms with E-state index in [9.17, 15) is 38.7 Å². The second kappa shape index (κ2) is 19.6. The van der Waals surface area contributed by atoms with E-state index < -0.39 is 90.8 Å². The average Bonchev–Trinajstić information content (AvgIpc) is 3.78. The van der Waals surface area contributed by atoms with Gasteiger partial charge in [-0.05, 0) is 61.5 Å². The predicted octanol–water partition coefficient (Wildman–Crippen LogP) is 0.386. The molecule has 8 N–H and O–H groups in total. The molecule has 2 aromatic rings. The molecule has 0 saturated carbocycles. The molecule has 302 valence electrons. The van der Waals surface area contributed by atoms with Gasteiger partial charge < -0.3 is 46.9 Å². The van der Waals surface area contributed by atoms with Crippen LogP contribution in [0.3, 0.4) is 0 Å². The largest absolute Gasteiger partial charge is 0.394 e. The molecule has 0 aliphatic carbocycles. The molecule has 2 aliphatic rings. The topological polar surface area (TPSA) is 231 Å². The maximum atomic E-state index is 13.9. The van der Waals surface area contributed by atoms with Crippen molar-refractivity contribution in [3.63, 3.8) is 0 Å². The average molecular weight is 767 g/mol. The molecule has 0 radical (unpaired) electrons. The van der Waals surface area contributed by atoms with Crippen molar-refractivity contribution in [1.29, 1.82) is 0 Å². The number of hydrogen-bond acceptors (Lipinski definition) is 8. The van der Waals surface area contributed by atoms with Gasteiger partial charge in [-0.15, -0.1) is 0 Å². The molecule has 4 rings (SSSR count). The Morgan fingerprint density at radius 2 is 1.20 bits per heavy atom. The van der Waals surface area contributed by atoms with Gasteiger partial charge in [0.15, 0.2) is 0 Å². The highest BCUT2D eigenvalue weighted by Gasteiger charge is 2.40. The Morgan fingerprint density at radius 3 is 1.76 bits per heavy atom. The predicted molar refractivity (Wildman–Crippen MR) is 205 cm³/mol. The highest BCUT2D eigenvalue weighted by atomic mass is 16.3. The van der Waals surface area contributed by atoms with Gasteiger partial charge in [0.1, 0.15) is 36.3 Å².